The van der Waals surface area contributed by atoms with E-state index in [0.717, 1.165) is 36.8 Å². The second kappa shape index (κ2) is 4.86. The number of hydrogen-bond acceptors (Lipinski definition) is 2. The number of fused-ring (bicyclic) bond motifs is 1. The van der Waals surface area contributed by atoms with Gasteiger partial charge in [0, 0.05) is 24.1 Å². The molecule has 0 N–H and O–H groups in total. The average Bonchev–Trinajstić information content (AvgIpc) is 2.85. The first-order valence-electron chi connectivity index (χ1n) is 7.25. The first kappa shape index (κ1) is 13.1. The van der Waals surface area contributed by atoms with Crippen LogP contribution in [0.5, 0.6) is 5.75 Å². The summed E-state index contributed by atoms with van der Waals surface area (Å²) < 4.78 is 7.47. The maximum Gasteiger partial charge on any atom is 0.119 e. The van der Waals surface area contributed by atoms with E-state index in [4.69, 9.17) is 4.74 Å². The predicted octanol–water partition coefficient (Wildman–Crippen LogP) is 3.91. The molecule has 0 bridgehead atoms. The maximum absolute atomic E-state index is 9.80. The molecule has 0 aliphatic heterocycles. The van der Waals surface area contributed by atoms with Crippen molar-refractivity contribution in [2.45, 2.75) is 37.5 Å². The van der Waals surface area contributed by atoms with Crippen molar-refractivity contribution in [2.75, 3.05) is 7.11 Å². The highest BCUT2D eigenvalue weighted by Gasteiger charge is 2.36. The minimum absolute atomic E-state index is 0.315. The molecule has 1 aromatic carbocycles. The smallest absolute Gasteiger partial charge is 0.119 e. The summed E-state index contributed by atoms with van der Waals surface area (Å²) in [5.41, 5.74) is 2.03. The Labute approximate surface area is 119 Å². The zero-order valence-corrected chi connectivity index (χ0v) is 12.1. The van der Waals surface area contributed by atoms with Crippen molar-refractivity contribution >= 4 is 10.9 Å². The number of aryl methyl sites for hydroxylation is 1. The van der Waals surface area contributed by atoms with Crippen LogP contribution in [0, 0.1) is 11.3 Å². The molecule has 0 atom stereocenters. The van der Waals surface area contributed by atoms with Crippen LogP contribution in [-0.4, -0.2) is 11.7 Å². The minimum Gasteiger partial charge on any atom is -0.497 e. The molecule has 3 rings (SSSR count). The largest absolute Gasteiger partial charge is 0.497 e. The Morgan fingerprint density at radius 2 is 2.00 bits per heavy atom. The molecular formula is C17H20N2O. The molecule has 1 aliphatic rings. The zero-order chi connectivity index (χ0) is 14.2. The van der Waals surface area contributed by atoms with Crippen molar-refractivity contribution in [3.63, 3.8) is 0 Å². The van der Waals surface area contributed by atoms with Gasteiger partial charge in [-0.1, -0.05) is 19.3 Å². The van der Waals surface area contributed by atoms with Gasteiger partial charge in [-0.3, -0.25) is 0 Å². The van der Waals surface area contributed by atoms with Crippen LogP contribution in [0.4, 0.5) is 0 Å². The lowest BCUT2D eigenvalue weighted by atomic mass is 9.70. The Bertz CT molecular complexity index is 672. The van der Waals surface area contributed by atoms with Crippen LogP contribution >= 0.6 is 0 Å². The van der Waals surface area contributed by atoms with Crippen molar-refractivity contribution in [2.24, 2.45) is 7.05 Å². The molecule has 0 amide bonds. The van der Waals surface area contributed by atoms with E-state index < -0.39 is 0 Å². The first-order chi connectivity index (χ1) is 9.70. The van der Waals surface area contributed by atoms with Gasteiger partial charge in [-0.05, 0) is 36.6 Å². The summed E-state index contributed by atoms with van der Waals surface area (Å²) in [7, 11) is 3.73. The highest BCUT2D eigenvalue weighted by molar-refractivity contribution is 5.87. The molecule has 3 nitrogen and oxygen atoms in total. The van der Waals surface area contributed by atoms with Crippen LogP contribution in [0.25, 0.3) is 10.9 Å². The maximum atomic E-state index is 9.80. The molecule has 0 unspecified atom stereocenters. The summed E-state index contributed by atoms with van der Waals surface area (Å²) in [6.45, 7) is 0. The molecule has 20 heavy (non-hydrogen) atoms. The zero-order valence-electron chi connectivity index (χ0n) is 12.1. The predicted molar refractivity (Wildman–Crippen MR) is 79.8 cm³/mol. The molecule has 1 aromatic heterocycles. The van der Waals surface area contributed by atoms with Gasteiger partial charge in [0.05, 0.1) is 18.6 Å². The number of benzene rings is 1. The van der Waals surface area contributed by atoms with Gasteiger partial charge in [0.1, 0.15) is 5.75 Å². The van der Waals surface area contributed by atoms with E-state index in [2.05, 4.69) is 29.0 Å². The molecule has 1 saturated carbocycles. The molecule has 0 saturated heterocycles. The summed E-state index contributed by atoms with van der Waals surface area (Å²) in [4.78, 5) is 0. The number of methoxy groups -OCH3 is 1. The number of rotatable bonds is 2. The van der Waals surface area contributed by atoms with Crippen LogP contribution in [-0.2, 0) is 12.5 Å². The van der Waals surface area contributed by atoms with E-state index >= 15 is 0 Å². The first-order valence-corrected chi connectivity index (χ1v) is 7.25. The van der Waals surface area contributed by atoms with Gasteiger partial charge in [0.15, 0.2) is 0 Å². The van der Waals surface area contributed by atoms with E-state index in [1.54, 1.807) is 7.11 Å². The van der Waals surface area contributed by atoms with Gasteiger partial charge in [-0.25, -0.2) is 0 Å². The molecule has 0 radical (unpaired) electrons. The molecule has 2 aromatic rings. The number of nitrogens with zero attached hydrogens (tertiary/aromatic N) is 2. The van der Waals surface area contributed by atoms with Crippen molar-refractivity contribution in [1.82, 2.24) is 4.57 Å². The average molecular weight is 268 g/mol. The summed E-state index contributed by atoms with van der Waals surface area (Å²) >= 11 is 0. The topological polar surface area (TPSA) is 37.9 Å². The third kappa shape index (κ3) is 1.87. The molecule has 1 heterocycles. The number of hydrogen-bond donors (Lipinski definition) is 0. The minimum atomic E-state index is -0.315. The fraction of sp³-hybridized carbons (Fsp3) is 0.471. The van der Waals surface area contributed by atoms with Crippen LogP contribution in [0.1, 0.15) is 37.7 Å². The Kier molecular flexibility index (Phi) is 3.17. The summed E-state index contributed by atoms with van der Waals surface area (Å²) in [5.74, 6) is 0.855. The van der Waals surface area contributed by atoms with Crippen LogP contribution in [0.2, 0.25) is 0 Å². The Balaban J connectivity index is 2.22. The van der Waals surface area contributed by atoms with Gasteiger partial charge in [0.25, 0.3) is 0 Å². The third-order valence-corrected chi connectivity index (χ3v) is 4.63. The lowest BCUT2D eigenvalue weighted by molar-refractivity contribution is 0.367. The van der Waals surface area contributed by atoms with Crippen molar-refractivity contribution in [3.05, 3.63) is 30.0 Å². The van der Waals surface area contributed by atoms with Crippen molar-refractivity contribution in [3.8, 4) is 11.8 Å². The highest BCUT2D eigenvalue weighted by atomic mass is 16.5. The molecule has 3 heteroatoms. The van der Waals surface area contributed by atoms with Crippen LogP contribution in [0.15, 0.2) is 24.4 Å². The second-order valence-electron chi connectivity index (χ2n) is 5.79. The molecule has 104 valence electrons. The van der Waals surface area contributed by atoms with E-state index in [1.165, 1.54) is 17.5 Å². The standard InChI is InChI=1S/C17H20N2O/c1-19-11-15(17(12-18)8-4-3-5-9-17)14-10-13(20-2)6-7-16(14)19/h6-7,10-11H,3-5,8-9H2,1-2H3. The van der Waals surface area contributed by atoms with Gasteiger partial charge >= 0.3 is 0 Å². The molecule has 1 aliphatic carbocycles. The second-order valence-corrected chi connectivity index (χ2v) is 5.79. The molecular weight excluding hydrogens is 248 g/mol. The Morgan fingerprint density at radius 3 is 2.65 bits per heavy atom. The Morgan fingerprint density at radius 1 is 1.25 bits per heavy atom. The lowest BCUT2D eigenvalue weighted by Gasteiger charge is -2.30. The number of aromatic nitrogens is 1. The molecule has 1 fully saturated rings. The monoisotopic (exact) mass is 268 g/mol. The lowest BCUT2D eigenvalue weighted by Crippen LogP contribution is -2.26. The third-order valence-electron chi connectivity index (χ3n) is 4.63. The number of nitriles is 1. The highest BCUT2D eigenvalue weighted by Crippen LogP contribution is 2.43. The van der Waals surface area contributed by atoms with Crippen molar-refractivity contribution in [1.29, 1.82) is 5.26 Å². The Hall–Kier alpha value is -1.95. The van der Waals surface area contributed by atoms with E-state index in [9.17, 15) is 5.26 Å². The van der Waals surface area contributed by atoms with Gasteiger partial charge in [-0.15, -0.1) is 0 Å². The van der Waals surface area contributed by atoms with Crippen molar-refractivity contribution < 1.29 is 4.74 Å². The van der Waals surface area contributed by atoms with E-state index in [0.29, 0.717) is 0 Å². The fourth-order valence-corrected chi connectivity index (χ4v) is 3.48. The van der Waals surface area contributed by atoms with Gasteiger partial charge in [-0.2, -0.15) is 5.26 Å². The van der Waals surface area contributed by atoms with Gasteiger partial charge < -0.3 is 9.30 Å². The molecule has 0 spiro atoms. The van der Waals surface area contributed by atoms with E-state index in [-0.39, 0.29) is 5.41 Å². The fourth-order valence-electron chi connectivity index (χ4n) is 3.48. The van der Waals surface area contributed by atoms with Crippen LogP contribution < -0.4 is 4.74 Å². The van der Waals surface area contributed by atoms with Gasteiger partial charge in [0.2, 0.25) is 0 Å². The summed E-state index contributed by atoms with van der Waals surface area (Å²) in [5, 5.41) is 11.0. The normalized spacial score (nSPS) is 17.9. The van der Waals surface area contributed by atoms with Crippen LogP contribution in [0.3, 0.4) is 0 Å². The summed E-state index contributed by atoms with van der Waals surface area (Å²) in [6.07, 6.45) is 7.62. The summed E-state index contributed by atoms with van der Waals surface area (Å²) in [6, 6.07) is 8.74. The number of ether oxygens (including phenoxy) is 1. The van der Waals surface area contributed by atoms with E-state index in [1.807, 2.05) is 13.1 Å². The SMILES string of the molecule is COc1ccc2c(c1)c(C1(C#N)CCCCC1)cn2C. The quantitative estimate of drug-likeness (QED) is 0.828.